The number of esters is 2. The Labute approximate surface area is 596 Å². The number of ether oxygens (including phenoxy) is 6. The Morgan fingerprint density at radius 1 is 0.363 bits per heavy atom. The molecule has 4 aliphatic heterocycles. The van der Waals surface area contributed by atoms with Crippen molar-refractivity contribution in [1.29, 1.82) is 0 Å². The molecule has 22 nitrogen and oxygen atoms in total. The van der Waals surface area contributed by atoms with Gasteiger partial charge in [-0.3, -0.25) is 29.2 Å². The third-order valence-corrected chi connectivity index (χ3v) is 21.2. The van der Waals surface area contributed by atoms with Crippen LogP contribution in [0.2, 0.25) is 0 Å². The summed E-state index contributed by atoms with van der Waals surface area (Å²) in [6.45, 7) is 21.2. The lowest BCUT2D eigenvalue weighted by atomic mass is 9.98. The van der Waals surface area contributed by atoms with Crippen LogP contribution >= 0.6 is 0 Å². The first-order valence-corrected chi connectivity index (χ1v) is 36.3. The van der Waals surface area contributed by atoms with Gasteiger partial charge in [0, 0.05) is 35.3 Å². The second-order valence-electron chi connectivity index (χ2n) is 33.0. The average Bonchev–Trinajstić information content (AvgIpc) is 1.62. The number of benzene rings is 4. The molecule has 8 aliphatic rings. The maximum absolute atomic E-state index is 13.2. The number of nitrogens with one attached hydrogen (secondary N) is 2. The maximum atomic E-state index is 13.2. The number of imidazole rings is 2. The van der Waals surface area contributed by atoms with Gasteiger partial charge in [-0.2, -0.15) is 0 Å². The number of carbonyl (C=O) groups excluding carboxylic acids is 8. The fraction of sp³-hybridized carbons (Fsp3) is 0.525. The van der Waals surface area contributed by atoms with E-state index in [1.165, 1.54) is 9.80 Å². The molecule has 0 radical (unpaired) electrons. The van der Waals surface area contributed by atoms with Crippen molar-refractivity contribution in [2.45, 2.75) is 231 Å². The van der Waals surface area contributed by atoms with E-state index >= 15 is 0 Å². The summed E-state index contributed by atoms with van der Waals surface area (Å²) < 4.78 is 33.5. The molecule has 12 atom stereocenters. The summed E-state index contributed by atoms with van der Waals surface area (Å²) in [6, 6.07) is 29.2. The summed E-state index contributed by atoms with van der Waals surface area (Å²) in [6.07, 6.45) is 13.1. The van der Waals surface area contributed by atoms with E-state index in [0.717, 1.165) is 121 Å². The van der Waals surface area contributed by atoms with E-state index in [9.17, 15) is 38.4 Å². The van der Waals surface area contributed by atoms with Crippen LogP contribution in [0.3, 0.4) is 0 Å². The van der Waals surface area contributed by atoms with Gasteiger partial charge in [0.25, 0.3) is 0 Å². The van der Waals surface area contributed by atoms with Gasteiger partial charge in [0.1, 0.15) is 46.1 Å². The average molecular weight is 1390 g/mol. The standard InChI is InChI=1S/C40H48N6O4.C40H48N2O10/c1-39(2,3)49-37(47)45-29-17-15-27(19-29)33(45)35-41-21-31(43-35)25-11-7-23(8-12-25)24-9-13-26(14-10-24)32-22-42-36(44-32)34-28-16-18-30(20-28)46(34)38(48)50-40(4,5)6;1-39(2,3)51-37(47)41-29-17-15-27(19-29)33(41)35(45)49-21-31(43)25-11-7-23(8-12-25)24-9-13-26(14-10-24)32(44)22-50-36(46)34-28-16-18-30(20-28)42(34)38(48)52-40(4,5)6/h7-14,21-22,27-30,33-34H,15-20H2,1-6H3,(H,41,43)(H,42,44);7-14,27-30,33-34H,15-22H2,1-6H3/t2*27?,28?,29?,30?,33-,34-/m00/s1. The van der Waals surface area contributed by atoms with E-state index in [0.29, 0.717) is 35.8 Å². The molecule has 8 bridgehead atoms. The Morgan fingerprint density at radius 3 is 0.941 bits per heavy atom. The normalized spacial score (nSPS) is 25.3. The van der Waals surface area contributed by atoms with Gasteiger partial charge in [-0.1, -0.05) is 97.1 Å². The summed E-state index contributed by atoms with van der Waals surface area (Å²) in [7, 11) is 0. The zero-order chi connectivity index (χ0) is 72.5. The molecule has 8 fully saturated rings. The maximum Gasteiger partial charge on any atom is 0.411 e. The van der Waals surface area contributed by atoms with Crippen LogP contribution in [-0.4, -0.2) is 159 Å². The van der Waals surface area contributed by atoms with Gasteiger partial charge in [0.05, 0.1) is 35.9 Å². The lowest BCUT2D eigenvalue weighted by Gasteiger charge is -2.35. The van der Waals surface area contributed by atoms with Crippen molar-refractivity contribution < 1.29 is 66.8 Å². The predicted octanol–water partition coefficient (Wildman–Crippen LogP) is 15.4. The van der Waals surface area contributed by atoms with Gasteiger partial charge in [-0.05, 0) is 217 Å². The molecule has 2 N–H and O–H groups in total. The van der Waals surface area contributed by atoms with Crippen LogP contribution in [0.5, 0.6) is 0 Å². The monoisotopic (exact) mass is 1390 g/mol. The molecule has 4 saturated heterocycles. The Bertz CT molecular complexity index is 3870. The molecule has 8 unspecified atom stereocenters. The molecular weight excluding hydrogens is 1300 g/mol. The predicted molar refractivity (Wildman–Crippen MR) is 379 cm³/mol. The van der Waals surface area contributed by atoms with Gasteiger partial charge in [0.2, 0.25) is 0 Å². The molecule has 6 heterocycles. The largest absolute Gasteiger partial charge is 0.456 e. The van der Waals surface area contributed by atoms with Crippen LogP contribution in [-0.2, 0) is 38.0 Å². The molecule has 102 heavy (non-hydrogen) atoms. The van der Waals surface area contributed by atoms with E-state index in [4.69, 9.17) is 38.4 Å². The highest BCUT2D eigenvalue weighted by Gasteiger charge is 2.56. The van der Waals surface area contributed by atoms with Gasteiger partial charge in [-0.15, -0.1) is 0 Å². The van der Waals surface area contributed by atoms with Crippen LogP contribution in [0.1, 0.15) is 205 Å². The number of carbonyl (C=O) groups is 8. The number of hydrogen-bond acceptors (Lipinski definition) is 16. The minimum absolute atomic E-state index is 0.0140. The van der Waals surface area contributed by atoms with Crippen molar-refractivity contribution in [3.8, 4) is 44.8 Å². The van der Waals surface area contributed by atoms with Crippen molar-refractivity contribution in [3.05, 3.63) is 132 Å². The zero-order valence-corrected chi connectivity index (χ0v) is 60.6. The highest BCUT2D eigenvalue weighted by atomic mass is 16.6. The number of H-pyrrole nitrogens is 2. The fourth-order valence-electron chi connectivity index (χ4n) is 16.8. The van der Waals surface area contributed by atoms with Crippen LogP contribution in [0.15, 0.2) is 109 Å². The minimum Gasteiger partial charge on any atom is -0.456 e. The molecule has 14 rings (SSSR count). The molecule has 4 aromatic carbocycles. The topological polar surface area (TPSA) is 262 Å². The molecule has 6 aromatic rings. The van der Waals surface area contributed by atoms with E-state index in [1.54, 1.807) is 90.1 Å². The number of aromatic amines is 2. The second-order valence-corrected chi connectivity index (χ2v) is 33.0. The molecule has 4 amide bonds. The number of nitrogens with zero attached hydrogens (tertiary/aromatic N) is 6. The number of aromatic nitrogens is 4. The summed E-state index contributed by atoms with van der Waals surface area (Å²) in [5, 5.41) is 0. The highest BCUT2D eigenvalue weighted by molar-refractivity contribution is 6.00. The number of fused-ring (bicyclic) bond motifs is 8. The number of hydrogen-bond donors (Lipinski definition) is 2. The van der Waals surface area contributed by atoms with E-state index in [-0.39, 0.29) is 71.8 Å². The van der Waals surface area contributed by atoms with E-state index in [1.807, 2.05) is 63.7 Å². The first kappa shape index (κ1) is 71.1. The SMILES string of the molecule is CC(C)(C)OC(=O)N1C2CCC(C2)[C@H]1C(=O)OCC(=O)c1ccc(-c2ccc(C(=O)COC(=O)[C@@H]3C4CCC(C4)N3C(=O)OC(C)(C)C)cc2)cc1.CC(C)(C)OC(=O)N1C2CCC(C2)[C@H]1c1ncc(-c2ccc(-c3ccc(-c4cnc([C@@H]5C6CCC(C6)N5C(=O)OC(C)(C)C)[nH]4)cc3)cc2)[nH]1. The van der Waals surface area contributed by atoms with Crippen molar-refractivity contribution in [2.75, 3.05) is 13.2 Å². The van der Waals surface area contributed by atoms with Crippen LogP contribution in [0.4, 0.5) is 19.2 Å². The first-order chi connectivity index (χ1) is 48.3. The molecular formula is C80H96N8O14. The van der Waals surface area contributed by atoms with Gasteiger partial charge < -0.3 is 38.4 Å². The molecule has 4 aliphatic carbocycles. The fourth-order valence-corrected chi connectivity index (χ4v) is 16.8. The first-order valence-electron chi connectivity index (χ1n) is 36.3. The third-order valence-electron chi connectivity index (χ3n) is 21.2. The second kappa shape index (κ2) is 27.8. The number of ketones is 2. The smallest absolute Gasteiger partial charge is 0.411 e. The number of rotatable bonds is 14. The summed E-state index contributed by atoms with van der Waals surface area (Å²) in [4.78, 5) is 128. The van der Waals surface area contributed by atoms with E-state index in [2.05, 4.69) is 58.5 Å². The minimum atomic E-state index is -0.761. The van der Waals surface area contributed by atoms with Crippen molar-refractivity contribution in [3.63, 3.8) is 0 Å². The van der Waals surface area contributed by atoms with Gasteiger partial charge in [0.15, 0.2) is 24.8 Å². The summed E-state index contributed by atoms with van der Waals surface area (Å²) in [5.74, 6) is 0.491. The highest BCUT2D eigenvalue weighted by Crippen LogP contribution is 2.52. The molecule has 2 aromatic heterocycles. The number of Topliss-reactive ketones (excluding diaryl/α,β-unsaturated/α-hetero) is 2. The quantitative estimate of drug-likeness (QED) is 0.0583. The van der Waals surface area contributed by atoms with Crippen molar-refractivity contribution >= 4 is 47.9 Å². The van der Waals surface area contributed by atoms with E-state index < -0.39 is 71.8 Å². The summed E-state index contributed by atoms with van der Waals surface area (Å²) >= 11 is 0. The lowest BCUT2D eigenvalue weighted by molar-refractivity contribution is -0.151. The number of amides is 4. The third kappa shape index (κ3) is 15.2. The zero-order valence-electron chi connectivity index (χ0n) is 60.6. The van der Waals surface area contributed by atoms with Crippen LogP contribution in [0, 0.1) is 23.7 Å². The Kier molecular flexibility index (Phi) is 19.4. The Hall–Kier alpha value is -9.34. The molecule has 22 heteroatoms. The number of piperidine rings is 4. The summed E-state index contributed by atoms with van der Waals surface area (Å²) in [5.41, 5.74) is 6.04. The Balaban J connectivity index is 0.000000182. The van der Waals surface area contributed by atoms with Crippen LogP contribution < -0.4 is 0 Å². The molecule has 0 spiro atoms. The molecule has 540 valence electrons. The van der Waals surface area contributed by atoms with Gasteiger partial charge in [-0.25, -0.2) is 38.7 Å². The van der Waals surface area contributed by atoms with Crippen molar-refractivity contribution in [2.24, 2.45) is 23.7 Å². The van der Waals surface area contributed by atoms with Gasteiger partial charge >= 0.3 is 36.3 Å². The molecule has 4 saturated carbocycles. The van der Waals surface area contributed by atoms with Crippen LogP contribution in [0.25, 0.3) is 44.8 Å². The Morgan fingerprint density at radius 2 is 0.627 bits per heavy atom. The van der Waals surface area contributed by atoms with Crippen molar-refractivity contribution in [1.82, 2.24) is 39.5 Å². The number of likely N-dealkylation sites (tertiary alicyclic amines) is 4. The lowest BCUT2D eigenvalue weighted by Crippen LogP contribution is -2.51.